The zero-order valence-corrected chi connectivity index (χ0v) is 22.4. The average Bonchev–Trinajstić information content (AvgIpc) is 2.84. The second-order valence-electron chi connectivity index (χ2n) is 10.8. The number of amides is 2. The van der Waals surface area contributed by atoms with Crippen LogP contribution in [0.5, 0.6) is 5.75 Å². The number of benzene rings is 1. The van der Waals surface area contributed by atoms with Gasteiger partial charge in [-0.25, -0.2) is 14.6 Å². The third kappa shape index (κ3) is 6.33. The van der Waals surface area contributed by atoms with Gasteiger partial charge >= 0.3 is 12.0 Å². The third-order valence-electron chi connectivity index (χ3n) is 6.74. The summed E-state index contributed by atoms with van der Waals surface area (Å²) in [5.74, 6) is -0.0353. The molecule has 37 heavy (non-hydrogen) atoms. The highest BCUT2D eigenvalue weighted by Gasteiger charge is 2.33. The monoisotopic (exact) mass is 510 g/mol. The van der Waals surface area contributed by atoms with E-state index in [9.17, 15) is 14.7 Å². The average molecular weight is 511 g/mol. The lowest BCUT2D eigenvalue weighted by Gasteiger charge is -2.29. The Bertz CT molecular complexity index is 1170. The number of carbonyl (C=O) groups excluding carboxylic acids is 1. The number of pyridine rings is 1. The van der Waals surface area contributed by atoms with Gasteiger partial charge in [-0.1, -0.05) is 25.3 Å². The van der Waals surface area contributed by atoms with Gasteiger partial charge in [0.05, 0.1) is 11.3 Å². The molecule has 0 spiro atoms. The molecule has 200 valence electrons. The number of anilines is 2. The third-order valence-corrected chi connectivity index (χ3v) is 6.74. The van der Waals surface area contributed by atoms with Gasteiger partial charge < -0.3 is 25.2 Å². The number of fused-ring (bicyclic) bond motifs is 1. The van der Waals surface area contributed by atoms with Gasteiger partial charge in [-0.3, -0.25) is 5.32 Å². The van der Waals surface area contributed by atoms with E-state index in [-0.39, 0.29) is 12.1 Å². The first-order valence-corrected chi connectivity index (χ1v) is 13.0. The number of nitrogens with one attached hydrogen (secondary N) is 3. The molecule has 2 heterocycles. The van der Waals surface area contributed by atoms with Crippen molar-refractivity contribution in [2.24, 2.45) is 0 Å². The van der Waals surface area contributed by atoms with Crippen LogP contribution in [0.4, 0.5) is 16.3 Å². The van der Waals surface area contributed by atoms with Crippen LogP contribution in [0.1, 0.15) is 75.8 Å². The number of aromatic nitrogens is 1. The van der Waals surface area contributed by atoms with E-state index in [0.29, 0.717) is 41.4 Å². The summed E-state index contributed by atoms with van der Waals surface area (Å²) in [6.45, 7) is 10.3. The van der Waals surface area contributed by atoms with Crippen molar-refractivity contribution in [2.45, 2.75) is 84.5 Å². The molecule has 0 radical (unpaired) electrons. The van der Waals surface area contributed by atoms with Crippen LogP contribution >= 0.6 is 0 Å². The Hall–Kier alpha value is -3.33. The van der Waals surface area contributed by atoms with Crippen LogP contribution in [0.25, 0.3) is 11.1 Å². The lowest BCUT2D eigenvalue weighted by molar-refractivity contribution is -0.160. The molecule has 1 unspecified atom stereocenters. The SMILES string of the molecule is Cc1nc(NC(=O)NC2CCCCC2)c(C)c(C(OC(C)(C)C)C(=O)O)c1-c1ccc2c(c1)NCCO2. The first-order valence-electron chi connectivity index (χ1n) is 13.0. The number of carbonyl (C=O) groups is 2. The largest absolute Gasteiger partial charge is 0.490 e. The number of urea groups is 1. The highest BCUT2D eigenvalue weighted by Crippen LogP contribution is 2.41. The summed E-state index contributed by atoms with van der Waals surface area (Å²) >= 11 is 0. The van der Waals surface area contributed by atoms with Crippen molar-refractivity contribution in [2.75, 3.05) is 23.8 Å². The first kappa shape index (κ1) is 26.7. The summed E-state index contributed by atoms with van der Waals surface area (Å²) in [6.07, 6.45) is 4.05. The minimum Gasteiger partial charge on any atom is -0.490 e. The number of rotatable bonds is 6. The molecule has 9 nitrogen and oxygen atoms in total. The minimum absolute atomic E-state index is 0.134. The number of carboxylic acids is 1. The number of carboxylic acid groups (broad SMARTS) is 1. The number of ether oxygens (including phenoxy) is 2. The zero-order valence-electron chi connectivity index (χ0n) is 22.4. The van der Waals surface area contributed by atoms with E-state index in [2.05, 4.69) is 16.0 Å². The Kier molecular flexibility index (Phi) is 7.92. The van der Waals surface area contributed by atoms with Gasteiger partial charge in [-0.05, 0) is 70.7 Å². The van der Waals surface area contributed by atoms with Crippen molar-refractivity contribution in [3.05, 3.63) is 35.0 Å². The van der Waals surface area contributed by atoms with Crippen molar-refractivity contribution in [3.63, 3.8) is 0 Å². The summed E-state index contributed by atoms with van der Waals surface area (Å²) < 4.78 is 11.8. The van der Waals surface area contributed by atoms with Crippen molar-refractivity contribution in [3.8, 4) is 16.9 Å². The van der Waals surface area contributed by atoms with Crippen LogP contribution in [0, 0.1) is 13.8 Å². The minimum atomic E-state index is -1.26. The van der Waals surface area contributed by atoms with Crippen molar-refractivity contribution >= 4 is 23.5 Å². The summed E-state index contributed by atoms with van der Waals surface area (Å²) in [7, 11) is 0. The Balaban J connectivity index is 1.79. The summed E-state index contributed by atoms with van der Waals surface area (Å²) in [4.78, 5) is 30.2. The van der Waals surface area contributed by atoms with E-state index < -0.39 is 17.7 Å². The maximum absolute atomic E-state index is 12.9. The van der Waals surface area contributed by atoms with Gasteiger partial charge in [0, 0.05) is 29.4 Å². The number of aliphatic carboxylic acids is 1. The molecule has 1 aliphatic carbocycles. The molecule has 1 aromatic carbocycles. The van der Waals surface area contributed by atoms with E-state index in [1.807, 2.05) is 45.9 Å². The standard InChI is InChI=1S/C28H38N4O5/c1-16-22(24(26(33)34)37-28(3,4)5)23(18-11-12-21-20(15-18)29-13-14-36-21)17(2)30-25(16)32-27(35)31-19-9-7-6-8-10-19/h11-12,15,19,24,29H,6-10,13-14H2,1-5H3,(H,33,34)(H2,30,31,32,35). The number of aryl methyl sites for hydroxylation is 1. The van der Waals surface area contributed by atoms with E-state index in [4.69, 9.17) is 14.5 Å². The van der Waals surface area contributed by atoms with Gasteiger partial charge in [-0.15, -0.1) is 0 Å². The van der Waals surface area contributed by atoms with Gasteiger partial charge in [0.2, 0.25) is 0 Å². The molecule has 0 saturated heterocycles. The first-order chi connectivity index (χ1) is 17.5. The molecule has 1 fully saturated rings. The molecule has 1 atom stereocenters. The molecule has 1 saturated carbocycles. The van der Waals surface area contributed by atoms with Gasteiger partial charge in [0.1, 0.15) is 18.2 Å². The van der Waals surface area contributed by atoms with Crippen LogP contribution in [0.15, 0.2) is 18.2 Å². The van der Waals surface area contributed by atoms with E-state index >= 15 is 0 Å². The zero-order chi connectivity index (χ0) is 26.7. The topological polar surface area (TPSA) is 122 Å². The fraction of sp³-hybridized carbons (Fsp3) is 0.536. The highest BCUT2D eigenvalue weighted by atomic mass is 16.5. The summed E-state index contributed by atoms with van der Waals surface area (Å²) in [5.41, 5.74) is 3.20. The lowest BCUT2D eigenvalue weighted by Crippen LogP contribution is -2.39. The molecule has 2 aliphatic rings. The van der Waals surface area contributed by atoms with E-state index in [1.165, 1.54) is 6.42 Å². The predicted molar refractivity (Wildman–Crippen MR) is 143 cm³/mol. The van der Waals surface area contributed by atoms with Crippen LogP contribution in [-0.4, -0.2) is 46.9 Å². The van der Waals surface area contributed by atoms with Gasteiger partial charge in [-0.2, -0.15) is 0 Å². The molecule has 9 heteroatoms. The maximum atomic E-state index is 12.9. The van der Waals surface area contributed by atoms with Crippen LogP contribution in [0.3, 0.4) is 0 Å². The van der Waals surface area contributed by atoms with Gasteiger partial charge in [0.25, 0.3) is 0 Å². The number of hydrogen-bond acceptors (Lipinski definition) is 6. The fourth-order valence-corrected chi connectivity index (χ4v) is 5.09. The fourth-order valence-electron chi connectivity index (χ4n) is 5.09. The Morgan fingerprint density at radius 2 is 1.92 bits per heavy atom. The second-order valence-corrected chi connectivity index (χ2v) is 10.8. The summed E-state index contributed by atoms with van der Waals surface area (Å²) in [6, 6.07) is 5.52. The van der Waals surface area contributed by atoms with Crippen molar-refractivity contribution in [1.82, 2.24) is 10.3 Å². The smallest absolute Gasteiger partial charge is 0.337 e. The van der Waals surface area contributed by atoms with E-state index in [0.717, 1.165) is 42.7 Å². The molecule has 1 aliphatic heterocycles. The lowest BCUT2D eigenvalue weighted by atomic mass is 9.90. The molecule has 2 aromatic rings. The van der Waals surface area contributed by atoms with Crippen molar-refractivity contribution < 1.29 is 24.2 Å². The van der Waals surface area contributed by atoms with Gasteiger partial charge in [0.15, 0.2) is 6.10 Å². The van der Waals surface area contributed by atoms with Crippen LogP contribution in [0.2, 0.25) is 0 Å². The van der Waals surface area contributed by atoms with Crippen LogP contribution in [-0.2, 0) is 9.53 Å². The predicted octanol–water partition coefficient (Wildman–Crippen LogP) is 5.56. The number of hydrogen-bond donors (Lipinski definition) is 4. The Morgan fingerprint density at radius 1 is 1.19 bits per heavy atom. The molecule has 4 rings (SSSR count). The van der Waals surface area contributed by atoms with E-state index in [1.54, 1.807) is 6.92 Å². The highest BCUT2D eigenvalue weighted by molar-refractivity contribution is 5.91. The Labute approximate surface area is 218 Å². The Morgan fingerprint density at radius 3 is 2.59 bits per heavy atom. The molecule has 4 N–H and O–H groups in total. The summed E-state index contributed by atoms with van der Waals surface area (Å²) in [5, 5.41) is 19.5. The quantitative estimate of drug-likeness (QED) is 0.401. The molecule has 1 aromatic heterocycles. The number of nitrogens with zero attached hydrogens (tertiary/aromatic N) is 1. The molecule has 2 amide bonds. The molecular formula is C28H38N4O5. The molecule has 0 bridgehead atoms. The maximum Gasteiger partial charge on any atom is 0.337 e. The van der Waals surface area contributed by atoms with Crippen molar-refractivity contribution in [1.29, 1.82) is 0 Å². The molecular weight excluding hydrogens is 472 g/mol. The normalized spacial score (nSPS) is 16.7. The second kappa shape index (κ2) is 11.0. The van der Waals surface area contributed by atoms with Crippen LogP contribution < -0.4 is 20.7 Å².